The van der Waals surface area contributed by atoms with Crippen LogP contribution in [0.5, 0.6) is 0 Å². The van der Waals surface area contributed by atoms with Crippen LogP contribution in [0.4, 0.5) is 0 Å². The summed E-state index contributed by atoms with van der Waals surface area (Å²) < 4.78 is 4.85. The van der Waals surface area contributed by atoms with Crippen molar-refractivity contribution < 1.29 is 9.66 Å². The summed E-state index contributed by atoms with van der Waals surface area (Å²) in [7, 11) is 0. The maximum absolute atomic E-state index is 10.3. The van der Waals surface area contributed by atoms with Gasteiger partial charge in [-0.2, -0.15) is 0 Å². The highest BCUT2D eigenvalue weighted by atomic mass is 16.7. The Bertz CT molecular complexity index is 245. The molecule has 1 fully saturated rings. The van der Waals surface area contributed by atoms with E-state index in [2.05, 4.69) is 0 Å². The van der Waals surface area contributed by atoms with Gasteiger partial charge in [-0.05, 0) is 6.08 Å². The minimum absolute atomic E-state index is 0.326. The highest BCUT2D eigenvalue weighted by Crippen LogP contribution is 2.41. The first-order valence-electron chi connectivity index (χ1n) is 2.94. The largest absolute Gasteiger partial charge is 0.375 e. The van der Waals surface area contributed by atoms with Crippen molar-refractivity contribution in [3.05, 3.63) is 34.4 Å². The first-order chi connectivity index (χ1) is 4.76. The maximum Gasteiger partial charge on any atom is 0.375 e. The van der Waals surface area contributed by atoms with Crippen molar-refractivity contribution in [1.82, 2.24) is 0 Å². The Labute approximate surface area is 56.9 Å². The lowest BCUT2D eigenvalue weighted by atomic mass is 10.1. The van der Waals surface area contributed by atoms with Gasteiger partial charge >= 0.3 is 5.72 Å². The molecule has 0 aromatic carbocycles. The summed E-state index contributed by atoms with van der Waals surface area (Å²) >= 11 is 0. The summed E-state index contributed by atoms with van der Waals surface area (Å²) in [5.41, 5.74) is -1.20. The second kappa shape index (κ2) is 1.46. The Kier molecular flexibility index (Phi) is 0.820. The van der Waals surface area contributed by atoms with E-state index in [0.717, 1.165) is 0 Å². The van der Waals surface area contributed by atoms with Crippen LogP contribution in [0.25, 0.3) is 0 Å². The van der Waals surface area contributed by atoms with Crippen molar-refractivity contribution in [2.75, 3.05) is 0 Å². The fourth-order valence-corrected chi connectivity index (χ4v) is 1.05. The molecule has 52 valence electrons. The average molecular weight is 139 g/mol. The molecule has 2 aliphatic rings. The van der Waals surface area contributed by atoms with Crippen molar-refractivity contribution in [2.45, 2.75) is 11.8 Å². The number of nitrogens with zero attached hydrogens (tertiary/aromatic N) is 1. The number of rotatable bonds is 1. The highest BCUT2D eigenvalue weighted by molar-refractivity contribution is 5.27. The molecule has 0 bridgehead atoms. The molecule has 0 saturated carbocycles. The molecule has 0 aromatic heterocycles. The number of fused-ring (bicyclic) bond motifs is 1. The predicted octanol–water partition coefficient (Wildman–Crippen LogP) is 0.484. The van der Waals surface area contributed by atoms with Crippen LogP contribution < -0.4 is 0 Å². The second-order valence-electron chi connectivity index (χ2n) is 2.29. The van der Waals surface area contributed by atoms with Crippen LogP contribution in [-0.2, 0) is 4.74 Å². The molecule has 0 radical (unpaired) electrons. The topological polar surface area (TPSA) is 55.7 Å². The summed E-state index contributed by atoms with van der Waals surface area (Å²) in [6.45, 7) is 0. The molecule has 2 rings (SSSR count). The predicted molar refractivity (Wildman–Crippen MR) is 32.9 cm³/mol. The first kappa shape index (κ1) is 5.61. The summed E-state index contributed by atoms with van der Waals surface area (Å²) in [6.07, 6.45) is 6.21. The number of hydrogen-bond acceptors (Lipinski definition) is 3. The minimum Gasteiger partial charge on any atom is -0.290 e. The molecule has 0 aromatic rings. The smallest absolute Gasteiger partial charge is 0.290 e. The van der Waals surface area contributed by atoms with Crippen molar-refractivity contribution in [2.24, 2.45) is 0 Å². The molecule has 1 aliphatic carbocycles. The number of ether oxygens (including phenoxy) is 1. The van der Waals surface area contributed by atoms with Crippen LogP contribution >= 0.6 is 0 Å². The summed E-state index contributed by atoms with van der Waals surface area (Å²) in [5, 5.41) is 10.3. The van der Waals surface area contributed by atoms with Crippen molar-refractivity contribution in [3.63, 3.8) is 0 Å². The molecule has 1 heterocycles. The van der Waals surface area contributed by atoms with E-state index in [1.165, 1.54) is 6.08 Å². The van der Waals surface area contributed by atoms with Crippen LogP contribution in [0.3, 0.4) is 0 Å². The number of epoxide rings is 1. The van der Waals surface area contributed by atoms with Crippen LogP contribution in [0, 0.1) is 10.1 Å². The molecule has 10 heavy (non-hydrogen) atoms. The van der Waals surface area contributed by atoms with Crippen LogP contribution in [0.1, 0.15) is 0 Å². The third kappa shape index (κ3) is 0.489. The summed E-state index contributed by atoms with van der Waals surface area (Å²) in [5.74, 6) is 0. The molecular weight excluding hydrogens is 134 g/mol. The Morgan fingerprint density at radius 1 is 1.60 bits per heavy atom. The van der Waals surface area contributed by atoms with E-state index in [4.69, 9.17) is 4.74 Å². The van der Waals surface area contributed by atoms with Crippen molar-refractivity contribution >= 4 is 0 Å². The number of nitro groups is 1. The molecule has 1 saturated heterocycles. The molecule has 0 spiro atoms. The maximum atomic E-state index is 10.3. The number of hydrogen-bond donors (Lipinski definition) is 0. The minimum atomic E-state index is -1.20. The standard InChI is InChI=1S/C6H5NO3/c8-7(9)6-4-2-1-3-5(6)10-6/h1-5H. The van der Waals surface area contributed by atoms with E-state index in [1.54, 1.807) is 18.2 Å². The third-order valence-electron chi connectivity index (χ3n) is 1.68. The summed E-state index contributed by atoms with van der Waals surface area (Å²) in [6, 6.07) is 0. The quantitative estimate of drug-likeness (QED) is 0.301. The van der Waals surface area contributed by atoms with Gasteiger partial charge in [0, 0.05) is 6.08 Å². The number of allylic oxidation sites excluding steroid dienone is 2. The Hall–Kier alpha value is -1.16. The lowest BCUT2D eigenvalue weighted by Crippen LogP contribution is -2.23. The fraction of sp³-hybridized carbons (Fsp3) is 0.333. The normalized spacial score (nSPS) is 41.0. The van der Waals surface area contributed by atoms with E-state index < -0.39 is 10.6 Å². The zero-order chi connectivity index (χ0) is 7.19. The van der Waals surface area contributed by atoms with Crippen molar-refractivity contribution in [3.8, 4) is 0 Å². The van der Waals surface area contributed by atoms with Gasteiger partial charge in [0.1, 0.15) is 0 Å². The molecule has 4 nitrogen and oxygen atoms in total. The molecule has 0 amide bonds. The highest BCUT2D eigenvalue weighted by Gasteiger charge is 2.66. The molecule has 2 atom stereocenters. The van der Waals surface area contributed by atoms with Gasteiger partial charge in [-0.15, -0.1) is 0 Å². The lowest BCUT2D eigenvalue weighted by Gasteiger charge is -1.97. The molecule has 4 heteroatoms. The second-order valence-corrected chi connectivity index (χ2v) is 2.29. The van der Waals surface area contributed by atoms with E-state index in [9.17, 15) is 10.1 Å². The van der Waals surface area contributed by atoms with Crippen molar-refractivity contribution in [1.29, 1.82) is 0 Å². The van der Waals surface area contributed by atoms with Gasteiger partial charge in [0.15, 0.2) is 6.10 Å². The van der Waals surface area contributed by atoms with E-state index >= 15 is 0 Å². The van der Waals surface area contributed by atoms with Crippen LogP contribution in [0.15, 0.2) is 24.3 Å². The van der Waals surface area contributed by atoms with Gasteiger partial charge in [0.2, 0.25) is 0 Å². The third-order valence-corrected chi connectivity index (χ3v) is 1.68. The zero-order valence-electron chi connectivity index (χ0n) is 5.06. The monoisotopic (exact) mass is 139 g/mol. The Balaban J connectivity index is 2.31. The van der Waals surface area contributed by atoms with E-state index in [0.29, 0.717) is 0 Å². The fourth-order valence-electron chi connectivity index (χ4n) is 1.05. The van der Waals surface area contributed by atoms with Gasteiger partial charge in [0.25, 0.3) is 0 Å². The first-order valence-corrected chi connectivity index (χ1v) is 2.94. The van der Waals surface area contributed by atoms with Gasteiger partial charge in [-0.3, -0.25) is 14.9 Å². The SMILES string of the molecule is O=[N+]([O-])C12C=CC=CC1O2. The molecule has 0 N–H and O–H groups in total. The average Bonchev–Trinajstić information content (AvgIpc) is 2.61. The lowest BCUT2D eigenvalue weighted by molar-refractivity contribution is -0.548. The Morgan fingerprint density at radius 3 is 2.90 bits per heavy atom. The van der Waals surface area contributed by atoms with E-state index in [-0.39, 0.29) is 6.10 Å². The van der Waals surface area contributed by atoms with Gasteiger partial charge in [-0.25, -0.2) is 0 Å². The molecule has 2 unspecified atom stereocenters. The van der Waals surface area contributed by atoms with Gasteiger partial charge in [-0.1, -0.05) is 12.2 Å². The summed E-state index contributed by atoms with van der Waals surface area (Å²) in [4.78, 5) is 9.91. The van der Waals surface area contributed by atoms with E-state index in [1.807, 2.05) is 0 Å². The van der Waals surface area contributed by atoms with Crippen LogP contribution in [-0.4, -0.2) is 16.8 Å². The van der Waals surface area contributed by atoms with Gasteiger partial charge in [0.05, 0.1) is 4.92 Å². The van der Waals surface area contributed by atoms with Gasteiger partial charge < -0.3 is 0 Å². The molecule has 1 aliphatic heterocycles. The molecular formula is C6H5NO3. The zero-order valence-corrected chi connectivity index (χ0v) is 5.06. The van der Waals surface area contributed by atoms with Crippen LogP contribution in [0.2, 0.25) is 0 Å². The Morgan fingerprint density at radius 2 is 2.40 bits per heavy atom.